The maximum absolute atomic E-state index is 7.00. The van der Waals surface area contributed by atoms with E-state index < -0.39 is 0 Å². The molecule has 0 unspecified atom stereocenters. The second-order valence-electron chi connectivity index (χ2n) is 3.71. The van der Waals surface area contributed by atoms with Crippen LogP contribution in [0.4, 0.5) is 0 Å². The third-order valence-electron chi connectivity index (χ3n) is 2.18. The van der Waals surface area contributed by atoms with Gasteiger partial charge in [-0.3, -0.25) is 0 Å². The molecule has 2 heteroatoms. The summed E-state index contributed by atoms with van der Waals surface area (Å²) in [6.07, 6.45) is 11.2. The van der Waals surface area contributed by atoms with Gasteiger partial charge in [0.15, 0.2) is 0 Å². The fourth-order valence-corrected chi connectivity index (χ4v) is 1.16. The lowest BCUT2D eigenvalue weighted by atomic mass is 10.1. The van der Waals surface area contributed by atoms with Crippen LogP contribution in [0.25, 0.3) is 6.08 Å². The van der Waals surface area contributed by atoms with Crippen molar-refractivity contribution in [2.24, 2.45) is 0 Å². The molecule has 1 aromatic rings. The van der Waals surface area contributed by atoms with Crippen molar-refractivity contribution < 1.29 is 0 Å². The van der Waals surface area contributed by atoms with Gasteiger partial charge in [0, 0.05) is 6.21 Å². The van der Waals surface area contributed by atoms with Gasteiger partial charge in [0.1, 0.15) is 0 Å². The first-order valence-corrected chi connectivity index (χ1v) is 6.31. The Morgan fingerprint density at radius 2 is 1.58 bits per heavy atom. The smallest absolute Gasteiger partial charge is 0.0207 e. The van der Waals surface area contributed by atoms with Gasteiger partial charge in [0.25, 0.3) is 0 Å². The van der Waals surface area contributed by atoms with Gasteiger partial charge in [-0.25, -0.2) is 0 Å². The van der Waals surface area contributed by atoms with Crippen LogP contribution in [-0.2, 0) is 0 Å². The molecular formula is C17H24IN. The summed E-state index contributed by atoms with van der Waals surface area (Å²) in [7, 11) is 0. The Kier molecular flexibility index (Phi) is 14.1. The first-order chi connectivity index (χ1) is 8.72. The molecule has 0 aliphatic heterocycles. The van der Waals surface area contributed by atoms with Gasteiger partial charge >= 0.3 is 0 Å². The van der Waals surface area contributed by atoms with E-state index in [4.69, 9.17) is 5.41 Å². The number of nitrogens with one attached hydrogen (secondary N) is 1. The van der Waals surface area contributed by atoms with Crippen molar-refractivity contribution in [2.45, 2.75) is 27.7 Å². The molecule has 0 amide bonds. The molecule has 0 heterocycles. The summed E-state index contributed by atoms with van der Waals surface area (Å²) in [5, 5.41) is 7.00. The largest absolute Gasteiger partial charge is 0.308 e. The van der Waals surface area contributed by atoms with Gasteiger partial charge in [-0.05, 0) is 25.0 Å². The number of halogens is 1. The van der Waals surface area contributed by atoms with E-state index in [-0.39, 0.29) is 24.0 Å². The minimum absolute atomic E-state index is 0. The van der Waals surface area contributed by atoms with E-state index in [1.807, 2.05) is 45.1 Å². The highest BCUT2D eigenvalue weighted by Gasteiger charge is 1.84. The van der Waals surface area contributed by atoms with Crippen LogP contribution in [0.15, 0.2) is 54.1 Å². The highest BCUT2D eigenvalue weighted by atomic mass is 127. The standard InChI is InChI=1S/C15H17N.C2H6.HI/c1-13-8-10-15(11-9-13)7-5-3-4-6-14(2)12-16;1-2;/h3-12,16H,1-2H3;1-2H3;1H/b4-3+,7-5?,14-6-,16-12?;;. The summed E-state index contributed by atoms with van der Waals surface area (Å²) in [4.78, 5) is 0. The SMILES string of the molecule is C/C(C=N)=C/C=C/C=Cc1ccc(C)cc1.CC.I. The Morgan fingerprint density at radius 1 is 1.00 bits per heavy atom. The van der Waals surface area contributed by atoms with Gasteiger partial charge < -0.3 is 5.41 Å². The summed E-state index contributed by atoms with van der Waals surface area (Å²) in [5.41, 5.74) is 3.42. The van der Waals surface area contributed by atoms with Crippen LogP contribution in [-0.4, -0.2) is 6.21 Å². The van der Waals surface area contributed by atoms with E-state index in [9.17, 15) is 0 Å². The molecule has 0 spiro atoms. The molecule has 0 aromatic heterocycles. The van der Waals surface area contributed by atoms with Gasteiger partial charge in [-0.2, -0.15) is 0 Å². The minimum Gasteiger partial charge on any atom is -0.308 e. The molecule has 0 aliphatic carbocycles. The van der Waals surface area contributed by atoms with E-state index in [1.165, 1.54) is 17.3 Å². The maximum atomic E-state index is 7.00. The molecule has 1 nitrogen and oxygen atoms in total. The Bertz CT molecular complexity index is 425. The van der Waals surface area contributed by atoms with Gasteiger partial charge in [-0.15, -0.1) is 24.0 Å². The summed E-state index contributed by atoms with van der Waals surface area (Å²) < 4.78 is 0. The first-order valence-electron chi connectivity index (χ1n) is 6.31. The molecular weight excluding hydrogens is 345 g/mol. The summed E-state index contributed by atoms with van der Waals surface area (Å²) in [5.74, 6) is 0. The second-order valence-corrected chi connectivity index (χ2v) is 3.71. The molecule has 19 heavy (non-hydrogen) atoms. The number of allylic oxidation sites excluding steroid dienone is 5. The van der Waals surface area contributed by atoms with E-state index in [1.54, 1.807) is 0 Å². The Morgan fingerprint density at radius 3 is 2.11 bits per heavy atom. The summed E-state index contributed by atoms with van der Waals surface area (Å²) in [6.45, 7) is 7.99. The molecule has 104 valence electrons. The summed E-state index contributed by atoms with van der Waals surface area (Å²) >= 11 is 0. The normalized spacial score (nSPS) is 10.8. The highest BCUT2D eigenvalue weighted by molar-refractivity contribution is 14.0. The van der Waals surface area contributed by atoms with Crippen molar-refractivity contribution in [3.8, 4) is 0 Å². The quantitative estimate of drug-likeness (QED) is 0.394. The van der Waals surface area contributed by atoms with E-state index in [0.29, 0.717) is 0 Å². The lowest BCUT2D eigenvalue weighted by Crippen LogP contribution is -1.72. The fraction of sp³-hybridized carbons (Fsp3) is 0.235. The van der Waals surface area contributed by atoms with Crippen molar-refractivity contribution >= 4 is 36.3 Å². The molecule has 1 N–H and O–H groups in total. The van der Waals surface area contributed by atoms with Crippen LogP contribution in [0.3, 0.4) is 0 Å². The summed E-state index contributed by atoms with van der Waals surface area (Å²) in [6, 6.07) is 8.39. The highest BCUT2D eigenvalue weighted by Crippen LogP contribution is 2.04. The predicted molar refractivity (Wildman–Crippen MR) is 98.7 cm³/mol. The molecule has 0 saturated heterocycles. The fourth-order valence-electron chi connectivity index (χ4n) is 1.16. The first kappa shape index (κ1) is 20.2. The van der Waals surface area contributed by atoms with Crippen molar-refractivity contribution in [1.82, 2.24) is 0 Å². The van der Waals surface area contributed by atoms with Crippen LogP contribution < -0.4 is 0 Å². The lowest BCUT2D eigenvalue weighted by molar-refractivity contribution is 1.46. The van der Waals surface area contributed by atoms with E-state index >= 15 is 0 Å². The minimum atomic E-state index is 0. The third-order valence-corrected chi connectivity index (χ3v) is 2.18. The monoisotopic (exact) mass is 369 g/mol. The molecule has 0 bridgehead atoms. The van der Waals surface area contributed by atoms with Crippen molar-refractivity contribution in [3.63, 3.8) is 0 Å². The van der Waals surface area contributed by atoms with Crippen molar-refractivity contribution in [1.29, 1.82) is 5.41 Å². The Hall–Kier alpha value is -1.16. The number of aryl methyl sites for hydroxylation is 1. The average Bonchev–Trinajstić information content (AvgIpc) is 2.42. The van der Waals surface area contributed by atoms with E-state index in [2.05, 4.69) is 37.3 Å². The molecule has 0 atom stereocenters. The van der Waals surface area contributed by atoms with E-state index in [0.717, 1.165) is 5.57 Å². The zero-order valence-electron chi connectivity index (χ0n) is 12.2. The second kappa shape index (κ2) is 13.3. The Labute approximate surface area is 134 Å². The Balaban J connectivity index is 0. The molecule has 0 radical (unpaired) electrons. The van der Waals surface area contributed by atoms with Crippen LogP contribution in [0.5, 0.6) is 0 Å². The topological polar surface area (TPSA) is 23.9 Å². The van der Waals surface area contributed by atoms with Crippen molar-refractivity contribution in [3.05, 3.63) is 65.3 Å². The predicted octanol–water partition coefficient (Wildman–Crippen LogP) is 5.80. The molecule has 1 rings (SSSR count). The van der Waals surface area contributed by atoms with Gasteiger partial charge in [-0.1, -0.05) is 74.1 Å². The molecule has 1 aromatic carbocycles. The van der Waals surface area contributed by atoms with Crippen LogP contribution in [0.2, 0.25) is 0 Å². The number of benzene rings is 1. The van der Waals surface area contributed by atoms with Crippen molar-refractivity contribution in [2.75, 3.05) is 0 Å². The third kappa shape index (κ3) is 10.4. The van der Waals surface area contributed by atoms with Gasteiger partial charge in [0.05, 0.1) is 0 Å². The van der Waals surface area contributed by atoms with Gasteiger partial charge in [0.2, 0.25) is 0 Å². The molecule has 0 fully saturated rings. The van der Waals surface area contributed by atoms with Crippen LogP contribution >= 0.6 is 24.0 Å². The van der Waals surface area contributed by atoms with Crippen LogP contribution in [0, 0.1) is 12.3 Å². The maximum Gasteiger partial charge on any atom is 0.0207 e. The zero-order chi connectivity index (χ0) is 13.8. The molecule has 0 aliphatic rings. The average molecular weight is 369 g/mol. The zero-order valence-corrected chi connectivity index (χ0v) is 14.5. The number of hydrogen-bond donors (Lipinski definition) is 1. The lowest BCUT2D eigenvalue weighted by Gasteiger charge is -1.92. The molecule has 0 saturated carbocycles. The van der Waals surface area contributed by atoms with Crippen LogP contribution in [0.1, 0.15) is 31.9 Å². The number of rotatable bonds is 4. The number of hydrogen-bond acceptors (Lipinski definition) is 1.